The van der Waals surface area contributed by atoms with E-state index in [0.29, 0.717) is 12.1 Å². The van der Waals surface area contributed by atoms with Gasteiger partial charge in [-0.2, -0.15) is 5.10 Å². The van der Waals surface area contributed by atoms with Gasteiger partial charge in [0.2, 0.25) is 0 Å². The van der Waals surface area contributed by atoms with Gasteiger partial charge < -0.3 is 4.90 Å². The molecule has 88 valence electrons. The highest BCUT2D eigenvalue weighted by molar-refractivity contribution is 5.93. The van der Waals surface area contributed by atoms with Crippen LogP contribution in [0.15, 0.2) is 30.7 Å². The normalized spacial score (nSPS) is 10.2. The third kappa shape index (κ3) is 2.69. The Bertz CT molecular complexity index is 490. The molecule has 0 atom stereocenters. The molecule has 0 aliphatic rings. The molecule has 0 spiro atoms. The molecule has 2 rings (SSSR count). The van der Waals surface area contributed by atoms with Crippen LogP contribution in [-0.2, 0) is 6.54 Å². The number of hydrogen-bond acceptors (Lipinski definition) is 3. The first-order valence-corrected chi connectivity index (χ1v) is 5.32. The molecule has 0 aliphatic heterocycles. The molecule has 0 fully saturated rings. The molecule has 1 N–H and O–H groups in total. The van der Waals surface area contributed by atoms with Crippen molar-refractivity contribution in [2.45, 2.75) is 13.5 Å². The standard InChI is InChI=1S/C12H14N4O/c1-9-3-4-11(7-13-9)12(17)16(2)8-10-5-14-15-6-10/h3-7H,8H2,1-2H3,(H,14,15). The molecule has 0 aromatic carbocycles. The zero-order valence-electron chi connectivity index (χ0n) is 9.84. The smallest absolute Gasteiger partial charge is 0.255 e. The molecule has 2 heterocycles. The molecule has 0 aliphatic carbocycles. The van der Waals surface area contributed by atoms with Crippen molar-refractivity contribution in [1.82, 2.24) is 20.1 Å². The van der Waals surface area contributed by atoms with E-state index in [4.69, 9.17) is 0 Å². The third-order valence-corrected chi connectivity index (χ3v) is 2.48. The molecule has 2 aromatic heterocycles. The van der Waals surface area contributed by atoms with Crippen molar-refractivity contribution in [2.24, 2.45) is 0 Å². The van der Waals surface area contributed by atoms with E-state index in [0.717, 1.165) is 11.3 Å². The predicted molar refractivity (Wildman–Crippen MR) is 63.4 cm³/mol. The summed E-state index contributed by atoms with van der Waals surface area (Å²) in [5, 5.41) is 6.56. The number of amides is 1. The molecule has 0 unspecified atom stereocenters. The average Bonchev–Trinajstić information content (AvgIpc) is 2.82. The lowest BCUT2D eigenvalue weighted by Crippen LogP contribution is -2.26. The topological polar surface area (TPSA) is 61.9 Å². The maximum absolute atomic E-state index is 12.0. The fraction of sp³-hybridized carbons (Fsp3) is 0.250. The lowest BCUT2D eigenvalue weighted by molar-refractivity contribution is 0.0784. The van der Waals surface area contributed by atoms with E-state index in [2.05, 4.69) is 15.2 Å². The number of aryl methyl sites for hydroxylation is 1. The lowest BCUT2D eigenvalue weighted by atomic mass is 10.2. The van der Waals surface area contributed by atoms with Gasteiger partial charge >= 0.3 is 0 Å². The Hall–Kier alpha value is -2.17. The molecule has 0 radical (unpaired) electrons. The van der Waals surface area contributed by atoms with E-state index in [9.17, 15) is 4.79 Å². The minimum atomic E-state index is -0.0429. The summed E-state index contributed by atoms with van der Waals surface area (Å²) in [5.41, 5.74) is 2.47. The number of pyridine rings is 1. The fourth-order valence-corrected chi connectivity index (χ4v) is 1.52. The highest BCUT2D eigenvalue weighted by Crippen LogP contribution is 2.06. The number of nitrogens with one attached hydrogen (secondary N) is 1. The molecular weight excluding hydrogens is 216 g/mol. The van der Waals surface area contributed by atoms with Gasteiger partial charge in [0.05, 0.1) is 11.8 Å². The van der Waals surface area contributed by atoms with E-state index in [1.165, 1.54) is 0 Å². The molecule has 5 heteroatoms. The molecule has 5 nitrogen and oxygen atoms in total. The Morgan fingerprint density at radius 1 is 1.41 bits per heavy atom. The largest absolute Gasteiger partial charge is 0.337 e. The van der Waals surface area contributed by atoms with E-state index in [1.807, 2.05) is 13.0 Å². The van der Waals surface area contributed by atoms with Gasteiger partial charge in [-0.25, -0.2) is 0 Å². The van der Waals surface area contributed by atoms with Gasteiger partial charge in [0, 0.05) is 37.2 Å². The van der Waals surface area contributed by atoms with Gasteiger partial charge in [-0.1, -0.05) is 0 Å². The number of hydrogen-bond donors (Lipinski definition) is 1. The van der Waals surface area contributed by atoms with Crippen LogP contribution in [0.25, 0.3) is 0 Å². The van der Waals surface area contributed by atoms with Crippen LogP contribution in [0.2, 0.25) is 0 Å². The van der Waals surface area contributed by atoms with Gasteiger partial charge in [0.15, 0.2) is 0 Å². The maximum Gasteiger partial charge on any atom is 0.255 e. The van der Waals surface area contributed by atoms with E-state index < -0.39 is 0 Å². The van der Waals surface area contributed by atoms with Gasteiger partial charge in [-0.15, -0.1) is 0 Å². The number of carbonyl (C=O) groups excluding carboxylic acids is 1. The van der Waals surface area contributed by atoms with Crippen LogP contribution in [0.4, 0.5) is 0 Å². The Morgan fingerprint density at radius 3 is 2.82 bits per heavy atom. The second-order valence-electron chi connectivity index (χ2n) is 3.96. The quantitative estimate of drug-likeness (QED) is 0.866. The fourth-order valence-electron chi connectivity index (χ4n) is 1.52. The second-order valence-corrected chi connectivity index (χ2v) is 3.96. The number of nitrogens with zero attached hydrogens (tertiary/aromatic N) is 3. The summed E-state index contributed by atoms with van der Waals surface area (Å²) in [6.45, 7) is 2.42. The maximum atomic E-state index is 12.0. The minimum Gasteiger partial charge on any atom is -0.337 e. The molecule has 2 aromatic rings. The predicted octanol–water partition coefficient (Wildman–Crippen LogP) is 1.39. The molecule has 0 saturated carbocycles. The summed E-state index contributed by atoms with van der Waals surface area (Å²) in [6.07, 6.45) is 5.08. The minimum absolute atomic E-state index is 0.0429. The van der Waals surface area contributed by atoms with E-state index in [1.54, 1.807) is 36.6 Å². The first-order valence-electron chi connectivity index (χ1n) is 5.32. The first kappa shape index (κ1) is 11.3. The SMILES string of the molecule is Cc1ccc(C(=O)N(C)Cc2cn[nH]c2)cn1. The van der Waals surface area contributed by atoms with Gasteiger partial charge in [0.25, 0.3) is 5.91 Å². The van der Waals surface area contributed by atoms with Crippen LogP contribution in [0.5, 0.6) is 0 Å². The monoisotopic (exact) mass is 230 g/mol. The Labute approximate surface area is 99.5 Å². The Kier molecular flexibility index (Phi) is 3.18. The number of aromatic nitrogens is 3. The summed E-state index contributed by atoms with van der Waals surface area (Å²) in [6, 6.07) is 3.62. The summed E-state index contributed by atoms with van der Waals surface area (Å²) in [7, 11) is 1.76. The summed E-state index contributed by atoms with van der Waals surface area (Å²) in [5.74, 6) is -0.0429. The number of rotatable bonds is 3. The van der Waals surface area contributed by atoms with Crippen molar-refractivity contribution >= 4 is 5.91 Å². The summed E-state index contributed by atoms with van der Waals surface area (Å²) in [4.78, 5) is 17.8. The van der Waals surface area contributed by atoms with Gasteiger partial charge in [-0.3, -0.25) is 14.9 Å². The summed E-state index contributed by atoms with van der Waals surface area (Å²) < 4.78 is 0. The van der Waals surface area contributed by atoms with Crippen LogP contribution in [0, 0.1) is 6.92 Å². The second kappa shape index (κ2) is 4.78. The van der Waals surface area contributed by atoms with Crippen molar-refractivity contribution in [3.05, 3.63) is 47.5 Å². The van der Waals surface area contributed by atoms with Crippen molar-refractivity contribution in [1.29, 1.82) is 0 Å². The average molecular weight is 230 g/mol. The number of carbonyl (C=O) groups is 1. The molecule has 17 heavy (non-hydrogen) atoms. The van der Waals surface area contributed by atoms with Gasteiger partial charge in [0.1, 0.15) is 0 Å². The highest BCUT2D eigenvalue weighted by atomic mass is 16.2. The van der Waals surface area contributed by atoms with Crippen LogP contribution < -0.4 is 0 Å². The number of aromatic amines is 1. The Balaban J connectivity index is 2.07. The third-order valence-electron chi connectivity index (χ3n) is 2.48. The van der Waals surface area contributed by atoms with Crippen LogP contribution in [0.1, 0.15) is 21.6 Å². The Morgan fingerprint density at radius 2 is 2.24 bits per heavy atom. The van der Waals surface area contributed by atoms with Crippen LogP contribution in [-0.4, -0.2) is 33.0 Å². The highest BCUT2D eigenvalue weighted by Gasteiger charge is 2.12. The zero-order valence-corrected chi connectivity index (χ0v) is 9.84. The van der Waals surface area contributed by atoms with Crippen molar-refractivity contribution in [2.75, 3.05) is 7.05 Å². The molecule has 1 amide bonds. The lowest BCUT2D eigenvalue weighted by Gasteiger charge is -2.15. The first-order chi connectivity index (χ1) is 8.16. The van der Waals surface area contributed by atoms with E-state index in [-0.39, 0.29) is 5.91 Å². The molecule has 0 bridgehead atoms. The zero-order chi connectivity index (χ0) is 12.3. The van der Waals surface area contributed by atoms with E-state index >= 15 is 0 Å². The molecule has 0 saturated heterocycles. The molecular formula is C12H14N4O. The van der Waals surface area contributed by atoms with Crippen molar-refractivity contribution in [3.8, 4) is 0 Å². The van der Waals surface area contributed by atoms with Gasteiger partial charge in [-0.05, 0) is 19.1 Å². The van der Waals surface area contributed by atoms with Crippen molar-refractivity contribution < 1.29 is 4.79 Å². The van der Waals surface area contributed by atoms with Crippen LogP contribution >= 0.6 is 0 Å². The number of H-pyrrole nitrogens is 1. The van der Waals surface area contributed by atoms with Crippen LogP contribution in [0.3, 0.4) is 0 Å². The van der Waals surface area contributed by atoms with Crippen molar-refractivity contribution in [3.63, 3.8) is 0 Å². The summed E-state index contributed by atoms with van der Waals surface area (Å²) >= 11 is 0.